The molecule has 0 unspecified atom stereocenters. The van der Waals surface area contributed by atoms with Crippen molar-refractivity contribution < 1.29 is 19.0 Å². The highest BCUT2D eigenvalue weighted by Gasteiger charge is 2.06. The van der Waals surface area contributed by atoms with Crippen molar-refractivity contribution in [2.24, 2.45) is 0 Å². The van der Waals surface area contributed by atoms with E-state index in [9.17, 15) is 4.79 Å². The van der Waals surface area contributed by atoms with Gasteiger partial charge in [-0.25, -0.2) is 0 Å². The highest BCUT2D eigenvalue weighted by atomic mass is 16.5. The lowest BCUT2D eigenvalue weighted by atomic mass is 10.1. The lowest BCUT2D eigenvalue weighted by molar-refractivity contribution is 0.104. The molecule has 0 atom stereocenters. The van der Waals surface area contributed by atoms with Crippen LogP contribution in [0.3, 0.4) is 0 Å². The van der Waals surface area contributed by atoms with Gasteiger partial charge in [0.25, 0.3) is 0 Å². The molecule has 0 aromatic heterocycles. The molecule has 2 rings (SSSR count). The first-order valence-corrected chi connectivity index (χ1v) is 7.85. The first-order chi connectivity index (χ1) is 11.7. The number of carbonyl (C=O) groups excluding carboxylic acids is 1. The van der Waals surface area contributed by atoms with E-state index in [-0.39, 0.29) is 5.78 Å². The third-order valence-electron chi connectivity index (χ3n) is 3.43. The van der Waals surface area contributed by atoms with E-state index in [4.69, 9.17) is 14.2 Å². The Morgan fingerprint density at radius 3 is 2.58 bits per heavy atom. The SMILES string of the molecule is CCCOc1ccc(/C=C/C(=O)c2cccc(OC)c2)cc1OC. The normalized spacial score (nSPS) is 10.6. The minimum Gasteiger partial charge on any atom is -0.497 e. The Balaban J connectivity index is 2.14. The summed E-state index contributed by atoms with van der Waals surface area (Å²) in [6.07, 6.45) is 4.23. The van der Waals surface area contributed by atoms with Crippen LogP contribution in [0.1, 0.15) is 29.3 Å². The number of ether oxygens (including phenoxy) is 3. The van der Waals surface area contributed by atoms with Crippen molar-refractivity contribution in [1.29, 1.82) is 0 Å². The van der Waals surface area contributed by atoms with E-state index in [1.54, 1.807) is 44.6 Å². The van der Waals surface area contributed by atoms with Crippen LogP contribution in [-0.2, 0) is 0 Å². The van der Waals surface area contributed by atoms with E-state index in [1.807, 2.05) is 25.1 Å². The van der Waals surface area contributed by atoms with Gasteiger partial charge in [0.15, 0.2) is 17.3 Å². The van der Waals surface area contributed by atoms with Crippen molar-refractivity contribution in [3.63, 3.8) is 0 Å². The number of hydrogen-bond acceptors (Lipinski definition) is 4. The second kappa shape index (κ2) is 8.77. The zero-order valence-electron chi connectivity index (χ0n) is 14.2. The number of hydrogen-bond donors (Lipinski definition) is 0. The lowest BCUT2D eigenvalue weighted by Gasteiger charge is -2.10. The fourth-order valence-electron chi connectivity index (χ4n) is 2.16. The van der Waals surface area contributed by atoms with Crippen LogP contribution in [0.5, 0.6) is 17.2 Å². The molecular weight excluding hydrogens is 304 g/mol. The van der Waals surface area contributed by atoms with E-state index >= 15 is 0 Å². The molecule has 126 valence electrons. The number of rotatable bonds is 8. The number of benzene rings is 2. The van der Waals surface area contributed by atoms with Crippen LogP contribution in [0.2, 0.25) is 0 Å². The van der Waals surface area contributed by atoms with Crippen LogP contribution in [0.25, 0.3) is 6.08 Å². The maximum atomic E-state index is 12.3. The summed E-state index contributed by atoms with van der Waals surface area (Å²) in [6.45, 7) is 2.69. The quantitative estimate of drug-likeness (QED) is 0.533. The topological polar surface area (TPSA) is 44.8 Å². The molecule has 0 aliphatic rings. The monoisotopic (exact) mass is 326 g/mol. The van der Waals surface area contributed by atoms with Crippen LogP contribution in [0.15, 0.2) is 48.5 Å². The predicted octanol–water partition coefficient (Wildman–Crippen LogP) is 4.39. The highest BCUT2D eigenvalue weighted by molar-refractivity contribution is 6.07. The van der Waals surface area contributed by atoms with Crippen LogP contribution in [0, 0.1) is 0 Å². The zero-order valence-corrected chi connectivity index (χ0v) is 14.2. The molecule has 24 heavy (non-hydrogen) atoms. The molecule has 0 fully saturated rings. The number of carbonyl (C=O) groups is 1. The molecule has 2 aromatic carbocycles. The predicted molar refractivity (Wildman–Crippen MR) is 95.1 cm³/mol. The molecule has 0 aliphatic carbocycles. The zero-order chi connectivity index (χ0) is 17.4. The number of methoxy groups -OCH3 is 2. The number of ketones is 1. The van der Waals surface area contributed by atoms with E-state index < -0.39 is 0 Å². The van der Waals surface area contributed by atoms with Crippen LogP contribution in [0.4, 0.5) is 0 Å². The van der Waals surface area contributed by atoms with E-state index in [2.05, 4.69) is 0 Å². The molecule has 0 radical (unpaired) electrons. The van der Waals surface area contributed by atoms with Gasteiger partial charge in [0.2, 0.25) is 0 Å². The fraction of sp³-hybridized carbons (Fsp3) is 0.250. The minimum absolute atomic E-state index is 0.0841. The summed E-state index contributed by atoms with van der Waals surface area (Å²) in [6, 6.07) is 12.7. The summed E-state index contributed by atoms with van der Waals surface area (Å²) in [4.78, 5) is 12.3. The molecule has 0 bridgehead atoms. The summed E-state index contributed by atoms with van der Waals surface area (Å²) in [5.41, 5.74) is 1.45. The van der Waals surface area contributed by atoms with Gasteiger partial charge in [-0.3, -0.25) is 4.79 Å². The minimum atomic E-state index is -0.0841. The molecule has 4 heteroatoms. The lowest BCUT2D eigenvalue weighted by Crippen LogP contribution is -1.98. The van der Waals surface area contributed by atoms with Crippen LogP contribution in [-0.4, -0.2) is 26.6 Å². The Morgan fingerprint density at radius 1 is 1.04 bits per heavy atom. The number of allylic oxidation sites excluding steroid dienone is 1. The second-order valence-electron chi connectivity index (χ2n) is 5.19. The maximum Gasteiger partial charge on any atom is 0.185 e. The largest absolute Gasteiger partial charge is 0.497 e. The third-order valence-corrected chi connectivity index (χ3v) is 3.43. The van der Waals surface area contributed by atoms with Gasteiger partial charge in [0.05, 0.1) is 20.8 Å². The molecular formula is C20H22O4. The van der Waals surface area contributed by atoms with Crippen molar-refractivity contribution >= 4 is 11.9 Å². The third kappa shape index (κ3) is 4.62. The molecule has 0 N–H and O–H groups in total. The van der Waals surface area contributed by atoms with Gasteiger partial charge in [0.1, 0.15) is 5.75 Å². The first-order valence-electron chi connectivity index (χ1n) is 7.85. The molecule has 0 amide bonds. The summed E-state index contributed by atoms with van der Waals surface area (Å²) in [5.74, 6) is 1.93. The van der Waals surface area contributed by atoms with Crippen molar-refractivity contribution in [2.45, 2.75) is 13.3 Å². The molecule has 0 aliphatic heterocycles. The van der Waals surface area contributed by atoms with E-state index in [1.165, 1.54) is 6.08 Å². The summed E-state index contributed by atoms with van der Waals surface area (Å²) < 4.78 is 16.1. The fourth-order valence-corrected chi connectivity index (χ4v) is 2.16. The highest BCUT2D eigenvalue weighted by Crippen LogP contribution is 2.28. The smallest absolute Gasteiger partial charge is 0.185 e. The Kier molecular flexibility index (Phi) is 6.43. The molecule has 4 nitrogen and oxygen atoms in total. The first kappa shape index (κ1) is 17.6. The Morgan fingerprint density at radius 2 is 1.88 bits per heavy atom. The molecule has 0 saturated heterocycles. The summed E-state index contributed by atoms with van der Waals surface area (Å²) >= 11 is 0. The van der Waals surface area contributed by atoms with Gasteiger partial charge < -0.3 is 14.2 Å². The van der Waals surface area contributed by atoms with Gasteiger partial charge in [0, 0.05) is 5.56 Å². The molecule has 0 spiro atoms. The average Bonchev–Trinajstić information content (AvgIpc) is 2.64. The van der Waals surface area contributed by atoms with Gasteiger partial charge in [-0.05, 0) is 42.3 Å². The van der Waals surface area contributed by atoms with Crippen LogP contribution >= 0.6 is 0 Å². The second-order valence-corrected chi connectivity index (χ2v) is 5.19. The maximum absolute atomic E-state index is 12.3. The van der Waals surface area contributed by atoms with Gasteiger partial charge in [-0.2, -0.15) is 0 Å². The van der Waals surface area contributed by atoms with Crippen molar-refractivity contribution in [2.75, 3.05) is 20.8 Å². The van der Waals surface area contributed by atoms with Gasteiger partial charge in [-0.15, -0.1) is 0 Å². The Labute approximate surface area is 142 Å². The summed E-state index contributed by atoms with van der Waals surface area (Å²) in [5, 5.41) is 0. The van der Waals surface area contributed by atoms with Crippen LogP contribution < -0.4 is 14.2 Å². The summed E-state index contributed by atoms with van der Waals surface area (Å²) in [7, 11) is 3.18. The van der Waals surface area contributed by atoms with Crippen molar-refractivity contribution in [1.82, 2.24) is 0 Å². The van der Waals surface area contributed by atoms with E-state index in [0.29, 0.717) is 29.4 Å². The van der Waals surface area contributed by atoms with Crippen molar-refractivity contribution in [3.05, 3.63) is 59.7 Å². The van der Waals surface area contributed by atoms with E-state index in [0.717, 1.165) is 12.0 Å². The van der Waals surface area contributed by atoms with Crippen molar-refractivity contribution in [3.8, 4) is 17.2 Å². The Hall–Kier alpha value is -2.75. The standard InChI is InChI=1S/C20H22O4/c1-4-12-24-19-11-9-15(13-20(19)23-3)8-10-18(21)16-6-5-7-17(14-16)22-2/h5-11,13-14H,4,12H2,1-3H3/b10-8+. The average molecular weight is 326 g/mol. The molecule has 0 heterocycles. The van der Waals surface area contributed by atoms with Gasteiger partial charge in [-0.1, -0.05) is 31.2 Å². The van der Waals surface area contributed by atoms with Gasteiger partial charge >= 0.3 is 0 Å². The Bertz CT molecular complexity index is 719. The molecule has 0 saturated carbocycles. The molecule has 2 aromatic rings.